The average molecular weight is 271 g/mol. The number of pyridine rings is 2. The summed E-state index contributed by atoms with van der Waals surface area (Å²) in [6.07, 6.45) is 3.58. The number of aromatic nitrogens is 2. The highest BCUT2D eigenvalue weighted by molar-refractivity contribution is 5.94. The van der Waals surface area contributed by atoms with Gasteiger partial charge in [0.1, 0.15) is 5.69 Å². The topological polar surface area (TPSA) is 92.2 Å². The molecule has 6 heteroatoms. The van der Waals surface area contributed by atoms with E-state index in [1.54, 1.807) is 6.20 Å². The quantitative estimate of drug-likeness (QED) is 0.851. The fourth-order valence-corrected chi connectivity index (χ4v) is 1.61. The fraction of sp³-hybridized carbons (Fsp3) is 0.143. The van der Waals surface area contributed by atoms with Crippen LogP contribution in [0.3, 0.4) is 0 Å². The summed E-state index contributed by atoms with van der Waals surface area (Å²) < 4.78 is 0. The van der Waals surface area contributed by atoms with E-state index in [1.807, 2.05) is 18.2 Å². The Bertz CT molecular complexity index is 597. The molecule has 0 aliphatic rings. The van der Waals surface area contributed by atoms with E-state index in [2.05, 4.69) is 15.3 Å². The maximum absolute atomic E-state index is 11.8. The summed E-state index contributed by atoms with van der Waals surface area (Å²) in [7, 11) is 0. The van der Waals surface area contributed by atoms with Crippen molar-refractivity contribution in [3.05, 3.63) is 59.7 Å². The van der Waals surface area contributed by atoms with Crippen LogP contribution in [0.4, 0.5) is 0 Å². The van der Waals surface area contributed by atoms with Crippen LogP contribution < -0.4 is 5.32 Å². The Morgan fingerprint density at radius 2 is 2.00 bits per heavy atom. The molecule has 0 spiro atoms. The lowest BCUT2D eigenvalue weighted by atomic mass is 10.2. The zero-order valence-corrected chi connectivity index (χ0v) is 10.6. The Morgan fingerprint density at radius 3 is 2.60 bits per heavy atom. The van der Waals surface area contributed by atoms with E-state index >= 15 is 0 Å². The summed E-state index contributed by atoms with van der Waals surface area (Å²) >= 11 is 0. The van der Waals surface area contributed by atoms with E-state index in [1.165, 1.54) is 18.3 Å². The lowest BCUT2D eigenvalue weighted by molar-refractivity contribution is 0.0689. The highest BCUT2D eigenvalue weighted by atomic mass is 16.4. The second-order valence-corrected chi connectivity index (χ2v) is 4.06. The zero-order chi connectivity index (χ0) is 14.4. The van der Waals surface area contributed by atoms with E-state index in [4.69, 9.17) is 5.11 Å². The van der Waals surface area contributed by atoms with Crippen LogP contribution in [0.25, 0.3) is 0 Å². The number of nitrogens with zero attached hydrogens (tertiary/aromatic N) is 2. The van der Waals surface area contributed by atoms with Crippen LogP contribution in [-0.2, 0) is 6.42 Å². The third-order valence-electron chi connectivity index (χ3n) is 2.64. The lowest BCUT2D eigenvalue weighted by Crippen LogP contribution is -2.26. The number of carboxylic acid groups (broad SMARTS) is 1. The van der Waals surface area contributed by atoms with Gasteiger partial charge in [0.2, 0.25) is 0 Å². The Balaban J connectivity index is 1.87. The fourth-order valence-electron chi connectivity index (χ4n) is 1.61. The van der Waals surface area contributed by atoms with Crippen molar-refractivity contribution in [2.45, 2.75) is 6.42 Å². The molecular formula is C14H13N3O3. The summed E-state index contributed by atoms with van der Waals surface area (Å²) in [5.41, 5.74) is 1.14. The highest BCUT2D eigenvalue weighted by Gasteiger charge is 2.08. The summed E-state index contributed by atoms with van der Waals surface area (Å²) in [6.45, 7) is 0.455. The van der Waals surface area contributed by atoms with Gasteiger partial charge in [-0.05, 0) is 24.3 Å². The molecule has 1 amide bonds. The number of nitrogens with one attached hydrogen (secondary N) is 1. The van der Waals surface area contributed by atoms with Crippen molar-refractivity contribution in [2.75, 3.05) is 6.54 Å². The predicted octanol–water partition coefficient (Wildman–Crippen LogP) is 1.15. The third kappa shape index (κ3) is 3.61. The number of hydrogen-bond donors (Lipinski definition) is 2. The maximum Gasteiger partial charge on any atom is 0.354 e. The Morgan fingerprint density at radius 1 is 1.15 bits per heavy atom. The molecule has 0 saturated heterocycles. The smallest absolute Gasteiger partial charge is 0.354 e. The summed E-state index contributed by atoms with van der Waals surface area (Å²) in [5.74, 6) is -1.41. The number of rotatable bonds is 5. The van der Waals surface area contributed by atoms with Gasteiger partial charge >= 0.3 is 5.97 Å². The second kappa shape index (κ2) is 6.42. The van der Waals surface area contributed by atoms with E-state index in [0.29, 0.717) is 18.5 Å². The van der Waals surface area contributed by atoms with E-state index in [-0.39, 0.29) is 11.6 Å². The molecule has 0 aliphatic heterocycles. The first-order chi connectivity index (χ1) is 9.66. The minimum absolute atomic E-state index is 0.0879. The van der Waals surface area contributed by atoms with Gasteiger partial charge < -0.3 is 10.4 Å². The molecule has 2 N–H and O–H groups in total. The highest BCUT2D eigenvalue weighted by Crippen LogP contribution is 2.01. The zero-order valence-electron chi connectivity index (χ0n) is 10.6. The van der Waals surface area contributed by atoms with Gasteiger partial charge in [-0.3, -0.25) is 9.78 Å². The van der Waals surface area contributed by atoms with Crippen molar-refractivity contribution < 1.29 is 14.7 Å². The Kier molecular flexibility index (Phi) is 4.39. The van der Waals surface area contributed by atoms with Crippen molar-refractivity contribution in [1.82, 2.24) is 15.3 Å². The molecule has 102 valence electrons. The van der Waals surface area contributed by atoms with Crippen molar-refractivity contribution in [3.8, 4) is 0 Å². The molecule has 0 aliphatic carbocycles. The third-order valence-corrected chi connectivity index (χ3v) is 2.64. The number of carbonyl (C=O) groups is 2. The molecule has 0 bridgehead atoms. The molecule has 2 aromatic rings. The number of aromatic carboxylic acids is 1. The number of carbonyl (C=O) groups excluding carboxylic acids is 1. The molecule has 2 aromatic heterocycles. The maximum atomic E-state index is 11.8. The monoisotopic (exact) mass is 271 g/mol. The van der Waals surface area contributed by atoms with Gasteiger partial charge in [-0.2, -0.15) is 0 Å². The SMILES string of the molecule is O=C(NCCc1ccccn1)c1ccc(C(=O)O)nc1. The van der Waals surface area contributed by atoms with Crippen LogP contribution in [0.15, 0.2) is 42.7 Å². The van der Waals surface area contributed by atoms with Gasteiger partial charge in [0.25, 0.3) is 5.91 Å². The van der Waals surface area contributed by atoms with Crippen molar-refractivity contribution in [3.63, 3.8) is 0 Å². The van der Waals surface area contributed by atoms with Crippen molar-refractivity contribution in [1.29, 1.82) is 0 Å². The van der Waals surface area contributed by atoms with E-state index < -0.39 is 5.97 Å². The van der Waals surface area contributed by atoms with Crippen molar-refractivity contribution in [2.24, 2.45) is 0 Å². The Labute approximate surface area is 115 Å². The molecule has 20 heavy (non-hydrogen) atoms. The second-order valence-electron chi connectivity index (χ2n) is 4.06. The molecule has 6 nitrogen and oxygen atoms in total. The molecule has 0 unspecified atom stereocenters. The summed E-state index contributed by atoms with van der Waals surface area (Å²) in [5, 5.41) is 11.4. The lowest BCUT2D eigenvalue weighted by Gasteiger charge is -2.05. The van der Waals surface area contributed by atoms with E-state index in [9.17, 15) is 9.59 Å². The molecule has 2 heterocycles. The standard InChI is InChI=1S/C14H13N3O3/c18-13(10-4-5-12(14(19)20)17-9-10)16-8-6-11-3-1-2-7-15-11/h1-5,7,9H,6,8H2,(H,16,18)(H,19,20). The first kappa shape index (κ1) is 13.7. The summed E-state index contributed by atoms with van der Waals surface area (Å²) in [6, 6.07) is 8.34. The first-order valence-electron chi connectivity index (χ1n) is 6.04. The van der Waals surface area contributed by atoms with Crippen LogP contribution in [-0.4, -0.2) is 33.5 Å². The number of carboxylic acids is 1. The van der Waals surface area contributed by atoms with Crippen LogP contribution in [0.5, 0.6) is 0 Å². The van der Waals surface area contributed by atoms with Gasteiger partial charge in [-0.15, -0.1) is 0 Å². The molecule has 0 fully saturated rings. The van der Waals surface area contributed by atoms with Gasteiger partial charge in [0.05, 0.1) is 5.56 Å². The molecule has 0 radical (unpaired) electrons. The molecule has 0 saturated carbocycles. The average Bonchev–Trinajstić information content (AvgIpc) is 2.48. The van der Waals surface area contributed by atoms with Gasteiger partial charge in [-0.25, -0.2) is 9.78 Å². The first-order valence-corrected chi connectivity index (χ1v) is 6.04. The molecule has 2 rings (SSSR count). The van der Waals surface area contributed by atoms with E-state index in [0.717, 1.165) is 5.69 Å². The van der Waals surface area contributed by atoms with Gasteiger partial charge in [0, 0.05) is 31.1 Å². The number of amides is 1. The van der Waals surface area contributed by atoms with Crippen LogP contribution in [0, 0.1) is 0 Å². The van der Waals surface area contributed by atoms with Crippen LogP contribution in [0.1, 0.15) is 26.5 Å². The summed E-state index contributed by atoms with van der Waals surface area (Å²) in [4.78, 5) is 30.3. The Hall–Kier alpha value is -2.76. The minimum atomic E-state index is -1.12. The van der Waals surface area contributed by atoms with Gasteiger partial charge in [0.15, 0.2) is 0 Å². The normalized spacial score (nSPS) is 10.0. The van der Waals surface area contributed by atoms with Crippen molar-refractivity contribution >= 4 is 11.9 Å². The number of hydrogen-bond acceptors (Lipinski definition) is 4. The minimum Gasteiger partial charge on any atom is -0.477 e. The van der Waals surface area contributed by atoms with Crippen LogP contribution >= 0.6 is 0 Å². The largest absolute Gasteiger partial charge is 0.477 e. The molecular weight excluding hydrogens is 258 g/mol. The van der Waals surface area contributed by atoms with Gasteiger partial charge in [-0.1, -0.05) is 6.07 Å². The van der Waals surface area contributed by atoms with Crippen LogP contribution in [0.2, 0.25) is 0 Å². The molecule has 0 atom stereocenters. The predicted molar refractivity (Wildman–Crippen MR) is 71.5 cm³/mol. The molecule has 0 aromatic carbocycles.